The SMILES string of the molecule is Cc1ncc(-c2ncc(Nc3nc4n(n3)CCCN4c3ccc(F)cc3)cc2F)o1. The number of hydrogen-bond acceptors (Lipinski definition) is 7. The normalized spacial score (nSPS) is 13.4. The van der Waals surface area contributed by atoms with Crippen LogP contribution in [0.5, 0.6) is 0 Å². The molecule has 152 valence electrons. The fraction of sp³-hybridized carbons (Fsp3) is 0.200. The molecule has 8 nitrogen and oxygen atoms in total. The van der Waals surface area contributed by atoms with Crippen LogP contribution in [0.2, 0.25) is 0 Å². The summed E-state index contributed by atoms with van der Waals surface area (Å²) in [4.78, 5) is 14.6. The first-order valence-corrected chi connectivity index (χ1v) is 9.40. The van der Waals surface area contributed by atoms with Gasteiger partial charge in [0, 0.05) is 31.8 Å². The Balaban J connectivity index is 1.40. The second-order valence-corrected chi connectivity index (χ2v) is 6.86. The molecule has 0 bridgehead atoms. The van der Waals surface area contributed by atoms with Gasteiger partial charge in [-0.1, -0.05) is 0 Å². The van der Waals surface area contributed by atoms with E-state index < -0.39 is 5.82 Å². The molecule has 3 aromatic heterocycles. The zero-order chi connectivity index (χ0) is 20.7. The maximum atomic E-state index is 14.5. The highest BCUT2D eigenvalue weighted by Crippen LogP contribution is 2.30. The number of aromatic nitrogens is 5. The van der Waals surface area contributed by atoms with Gasteiger partial charge in [-0.2, -0.15) is 4.98 Å². The zero-order valence-electron chi connectivity index (χ0n) is 16.0. The minimum absolute atomic E-state index is 0.0840. The Bertz CT molecular complexity index is 1200. The first-order valence-electron chi connectivity index (χ1n) is 9.40. The molecule has 0 fully saturated rings. The van der Waals surface area contributed by atoms with Gasteiger partial charge in [0.1, 0.15) is 11.5 Å². The smallest absolute Gasteiger partial charge is 0.248 e. The molecule has 0 aliphatic carbocycles. The van der Waals surface area contributed by atoms with Gasteiger partial charge in [0.15, 0.2) is 17.5 Å². The molecule has 0 amide bonds. The van der Waals surface area contributed by atoms with Crippen LogP contribution in [0.25, 0.3) is 11.5 Å². The summed E-state index contributed by atoms with van der Waals surface area (Å²) in [5, 5.41) is 7.44. The van der Waals surface area contributed by atoms with Crippen molar-refractivity contribution < 1.29 is 13.2 Å². The third kappa shape index (κ3) is 3.36. The molecule has 10 heteroatoms. The number of rotatable bonds is 4. The lowest BCUT2D eigenvalue weighted by Crippen LogP contribution is -2.28. The van der Waals surface area contributed by atoms with E-state index in [9.17, 15) is 8.78 Å². The summed E-state index contributed by atoms with van der Waals surface area (Å²) in [7, 11) is 0. The lowest BCUT2D eigenvalue weighted by atomic mass is 10.2. The minimum atomic E-state index is -0.548. The van der Waals surface area contributed by atoms with Crippen LogP contribution in [0.1, 0.15) is 12.3 Å². The fourth-order valence-electron chi connectivity index (χ4n) is 3.37. The van der Waals surface area contributed by atoms with Crippen molar-refractivity contribution in [2.24, 2.45) is 0 Å². The van der Waals surface area contributed by atoms with Gasteiger partial charge in [-0.15, -0.1) is 5.10 Å². The number of benzene rings is 1. The number of oxazole rings is 1. The van der Waals surface area contributed by atoms with Crippen LogP contribution in [-0.4, -0.2) is 31.3 Å². The Kier molecular flexibility index (Phi) is 4.38. The summed E-state index contributed by atoms with van der Waals surface area (Å²) in [5.41, 5.74) is 1.32. The summed E-state index contributed by atoms with van der Waals surface area (Å²) < 4.78 is 34.9. The fourth-order valence-corrected chi connectivity index (χ4v) is 3.37. The number of pyridine rings is 1. The van der Waals surface area contributed by atoms with Crippen LogP contribution in [0.15, 0.2) is 47.1 Å². The maximum absolute atomic E-state index is 14.5. The van der Waals surface area contributed by atoms with Crippen molar-refractivity contribution in [3.8, 4) is 11.5 Å². The lowest BCUT2D eigenvalue weighted by Gasteiger charge is -2.27. The number of nitrogens with one attached hydrogen (secondary N) is 1. The van der Waals surface area contributed by atoms with Crippen molar-refractivity contribution in [3.05, 3.63) is 60.3 Å². The second-order valence-electron chi connectivity index (χ2n) is 6.86. The minimum Gasteiger partial charge on any atom is -0.439 e. The van der Waals surface area contributed by atoms with E-state index in [2.05, 4.69) is 25.4 Å². The van der Waals surface area contributed by atoms with E-state index in [-0.39, 0.29) is 17.3 Å². The van der Waals surface area contributed by atoms with Crippen molar-refractivity contribution in [3.63, 3.8) is 0 Å². The Morgan fingerprint density at radius 3 is 2.63 bits per heavy atom. The molecule has 5 rings (SSSR count). The lowest BCUT2D eigenvalue weighted by molar-refractivity contribution is 0.525. The molecule has 0 atom stereocenters. The predicted molar refractivity (Wildman–Crippen MR) is 106 cm³/mol. The van der Waals surface area contributed by atoms with Gasteiger partial charge in [-0.05, 0) is 30.7 Å². The van der Waals surface area contributed by atoms with E-state index >= 15 is 0 Å². The van der Waals surface area contributed by atoms with Gasteiger partial charge in [0.25, 0.3) is 0 Å². The standard InChI is InChI=1S/C20H17F2N7O/c1-12-23-11-17(30-12)18-16(22)9-14(10-24-18)25-19-26-20-28(7-2-8-29(20)27-19)15-5-3-13(21)4-6-15/h3-6,9-11H,2,7-8H2,1H3,(H,25,27). The van der Waals surface area contributed by atoms with Gasteiger partial charge in [-0.25, -0.2) is 23.4 Å². The van der Waals surface area contributed by atoms with E-state index in [0.29, 0.717) is 30.0 Å². The summed E-state index contributed by atoms with van der Waals surface area (Å²) in [5.74, 6) is 0.820. The van der Waals surface area contributed by atoms with E-state index in [0.717, 1.165) is 18.7 Å². The van der Waals surface area contributed by atoms with E-state index in [1.165, 1.54) is 30.6 Å². The molecule has 0 saturated carbocycles. The largest absolute Gasteiger partial charge is 0.439 e. The summed E-state index contributed by atoms with van der Waals surface area (Å²) in [6, 6.07) is 7.54. The molecule has 1 aliphatic heterocycles. The zero-order valence-corrected chi connectivity index (χ0v) is 16.0. The molecule has 0 spiro atoms. The maximum Gasteiger partial charge on any atom is 0.248 e. The van der Waals surface area contributed by atoms with Crippen molar-refractivity contribution in [2.45, 2.75) is 19.9 Å². The quantitative estimate of drug-likeness (QED) is 0.541. The average Bonchev–Trinajstić information content (AvgIpc) is 3.34. The van der Waals surface area contributed by atoms with Gasteiger partial charge >= 0.3 is 0 Å². The molecule has 1 N–H and O–H groups in total. The van der Waals surface area contributed by atoms with Gasteiger partial charge in [0.2, 0.25) is 11.9 Å². The Labute approximate surface area is 170 Å². The number of halogens is 2. The monoisotopic (exact) mass is 409 g/mol. The van der Waals surface area contributed by atoms with Crippen molar-refractivity contribution >= 4 is 23.3 Å². The van der Waals surface area contributed by atoms with Gasteiger partial charge < -0.3 is 14.6 Å². The number of aryl methyl sites for hydroxylation is 2. The molecule has 30 heavy (non-hydrogen) atoms. The van der Waals surface area contributed by atoms with Crippen molar-refractivity contribution in [1.29, 1.82) is 0 Å². The summed E-state index contributed by atoms with van der Waals surface area (Å²) >= 11 is 0. The molecule has 1 aliphatic rings. The molecule has 1 aromatic carbocycles. The number of hydrogen-bond donors (Lipinski definition) is 1. The number of nitrogens with zero attached hydrogens (tertiary/aromatic N) is 6. The highest BCUT2D eigenvalue weighted by molar-refractivity contribution is 5.62. The van der Waals surface area contributed by atoms with E-state index in [4.69, 9.17) is 4.42 Å². The third-order valence-electron chi connectivity index (χ3n) is 4.74. The summed E-state index contributed by atoms with van der Waals surface area (Å²) in [6.07, 6.45) is 3.78. The second kappa shape index (κ2) is 7.21. The Morgan fingerprint density at radius 1 is 1.07 bits per heavy atom. The van der Waals surface area contributed by atoms with Crippen LogP contribution in [-0.2, 0) is 6.54 Å². The Hall–Kier alpha value is -3.82. The number of anilines is 4. The van der Waals surface area contributed by atoms with Gasteiger partial charge in [-0.3, -0.25) is 0 Å². The topological polar surface area (TPSA) is 84.9 Å². The van der Waals surface area contributed by atoms with Crippen LogP contribution < -0.4 is 10.2 Å². The van der Waals surface area contributed by atoms with Crippen LogP contribution in [0.3, 0.4) is 0 Å². The molecule has 0 radical (unpaired) electrons. The van der Waals surface area contributed by atoms with Gasteiger partial charge in [0.05, 0.1) is 18.1 Å². The molecule has 4 aromatic rings. The van der Waals surface area contributed by atoms with Crippen LogP contribution >= 0.6 is 0 Å². The molecule has 4 heterocycles. The van der Waals surface area contributed by atoms with Crippen LogP contribution in [0.4, 0.5) is 32.1 Å². The Morgan fingerprint density at radius 2 is 1.90 bits per heavy atom. The molecular formula is C20H17F2N7O. The van der Waals surface area contributed by atoms with E-state index in [1.54, 1.807) is 23.7 Å². The third-order valence-corrected chi connectivity index (χ3v) is 4.74. The number of fused-ring (bicyclic) bond motifs is 1. The van der Waals surface area contributed by atoms with Crippen molar-refractivity contribution in [1.82, 2.24) is 24.7 Å². The summed E-state index contributed by atoms with van der Waals surface area (Å²) in [6.45, 7) is 3.13. The van der Waals surface area contributed by atoms with Crippen molar-refractivity contribution in [2.75, 3.05) is 16.8 Å². The average molecular weight is 409 g/mol. The highest BCUT2D eigenvalue weighted by atomic mass is 19.1. The van der Waals surface area contributed by atoms with Crippen LogP contribution in [0, 0.1) is 18.6 Å². The molecule has 0 saturated heterocycles. The van der Waals surface area contributed by atoms with E-state index in [1.807, 2.05) is 4.90 Å². The predicted octanol–water partition coefficient (Wildman–Crippen LogP) is 4.20. The molecule has 0 unspecified atom stereocenters. The first-order chi connectivity index (χ1) is 14.6. The molecular weight excluding hydrogens is 392 g/mol. The highest BCUT2D eigenvalue weighted by Gasteiger charge is 2.23. The first kappa shape index (κ1) is 18.2.